The molecule has 1 aromatic rings. The largest absolute Gasteiger partial charge is 0.468 e. The number of nitrogens with one attached hydrogen (secondary N) is 1. The molecule has 2 fully saturated rings. The molecule has 22 heavy (non-hydrogen) atoms. The molecule has 0 radical (unpaired) electrons. The van der Waals surface area contributed by atoms with Gasteiger partial charge in [0.15, 0.2) is 12.3 Å². The Morgan fingerprint density at radius 3 is 2.82 bits per heavy atom. The first-order chi connectivity index (χ1) is 10.6. The summed E-state index contributed by atoms with van der Waals surface area (Å²) in [5.74, 6) is 0.114. The van der Waals surface area contributed by atoms with Gasteiger partial charge in [0.2, 0.25) is 5.88 Å². The monoisotopic (exact) mass is 308 g/mol. The van der Waals surface area contributed by atoms with Crippen LogP contribution < -0.4 is 10.1 Å². The summed E-state index contributed by atoms with van der Waals surface area (Å²) < 4.78 is 12.2. The summed E-state index contributed by atoms with van der Waals surface area (Å²) in [7, 11) is 1.68. The van der Waals surface area contributed by atoms with Gasteiger partial charge in [-0.25, -0.2) is 4.68 Å². The molecule has 1 N–H and O–H groups in total. The minimum Gasteiger partial charge on any atom is -0.468 e. The third kappa shape index (κ3) is 3.56. The van der Waals surface area contributed by atoms with Crippen LogP contribution in [0.15, 0.2) is 6.07 Å². The average molecular weight is 308 g/mol. The second-order valence-electron chi connectivity index (χ2n) is 5.52. The molecule has 3 rings (SSSR count). The average Bonchev–Trinajstić information content (AvgIpc) is 3.26. The molecule has 2 heterocycles. The molecule has 120 valence electrons. The number of amides is 2. The van der Waals surface area contributed by atoms with E-state index in [-0.39, 0.29) is 24.5 Å². The number of carbonyl (C=O) groups excluding carboxylic acids is 2. The normalized spacial score (nSPS) is 18.1. The molecule has 1 saturated carbocycles. The highest BCUT2D eigenvalue weighted by Crippen LogP contribution is 2.20. The van der Waals surface area contributed by atoms with Crippen LogP contribution in [0.2, 0.25) is 0 Å². The molecule has 8 nitrogen and oxygen atoms in total. The smallest absolute Gasteiger partial charge is 0.272 e. The Bertz CT molecular complexity index is 561. The zero-order chi connectivity index (χ0) is 15.5. The van der Waals surface area contributed by atoms with Crippen molar-refractivity contribution in [2.45, 2.75) is 18.9 Å². The number of hydrogen-bond acceptors (Lipinski definition) is 5. The maximum absolute atomic E-state index is 12.0. The molecule has 0 atom stereocenters. The maximum Gasteiger partial charge on any atom is 0.272 e. The summed E-state index contributed by atoms with van der Waals surface area (Å²) in [5, 5.41) is 6.98. The minimum atomic E-state index is -0.201. The SMILES string of the molecule is Cn1nc(C(=O)NC2CC2)cc1OCC(=O)N1CCOCC1. The van der Waals surface area contributed by atoms with Gasteiger partial charge in [-0.3, -0.25) is 9.59 Å². The Kier molecular flexibility index (Phi) is 4.28. The van der Waals surface area contributed by atoms with Gasteiger partial charge in [0.05, 0.1) is 13.2 Å². The number of hydrogen-bond donors (Lipinski definition) is 1. The summed E-state index contributed by atoms with van der Waals surface area (Å²) in [6.07, 6.45) is 2.05. The van der Waals surface area contributed by atoms with E-state index in [0.29, 0.717) is 37.9 Å². The Hall–Kier alpha value is -2.09. The first kappa shape index (κ1) is 14.8. The van der Waals surface area contributed by atoms with Crippen molar-refractivity contribution >= 4 is 11.8 Å². The van der Waals surface area contributed by atoms with Gasteiger partial charge in [-0.1, -0.05) is 0 Å². The predicted molar refractivity (Wildman–Crippen MR) is 76.6 cm³/mol. The van der Waals surface area contributed by atoms with Gasteiger partial charge in [0.25, 0.3) is 11.8 Å². The molecule has 0 bridgehead atoms. The van der Waals surface area contributed by atoms with E-state index in [1.54, 1.807) is 18.0 Å². The molecule has 1 saturated heterocycles. The number of aryl methyl sites for hydroxylation is 1. The van der Waals surface area contributed by atoms with Gasteiger partial charge >= 0.3 is 0 Å². The number of aromatic nitrogens is 2. The van der Waals surface area contributed by atoms with E-state index in [1.165, 1.54) is 4.68 Å². The Labute approximate surface area is 128 Å². The van der Waals surface area contributed by atoms with Crippen LogP contribution in [0.5, 0.6) is 5.88 Å². The second kappa shape index (κ2) is 6.35. The summed E-state index contributed by atoms with van der Waals surface area (Å²) in [6, 6.07) is 1.84. The molecule has 1 aromatic heterocycles. The van der Waals surface area contributed by atoms with Crippen molar-refractivity contribution in [2.24, 2.45) is 7.05 Å². The third-order valence-electron chi connectivity index (χ3n) is 3.69. The minimum absolute atomic E-state index is 0.0663. The standard InChI is InChI=1S/C14H20N4O4/c1-17-13(8-11(16-17)14(20)15-10-2-3-10)22-9-12(19)18-4-6-21-7-5-18/h8,10H,2-7,9H2,1H3,(H,15,20). The highest BCUT2D eigenvalue weighted by atomic mass is 16.5. The molecule has 1 aliphatic carbocycles. The van der Waals surface area contributed by atoms with Crippen molar-refractivity contribution in [3.63, 3.8) is 0 Å². The topological polar surface area (TPSA) is 85.7 Å². The summed E-state index contributed by atoms with van der Waals surface area (Å²) >= 11 is 0. The molecule has 0 spiro atoms. The van der Waals surface area contributed by atoms with Gasteiger partial charge in [0, 0.05) is 32.2 Å². The fraction of sp³-hybridized carbons (Fsp3) is 0.643. The Morgan fingerprint density at radius 2 is 2.14 bits per heavy atom. The van der Waals surface area contributed by atoms with Crippen LogP contribution in [0.4, 0.5) is 0 Å². The highest BCUT2D eigenvalue weighted by Gasteiger charge is 2.25. The van der Waals surface area contributed by atoms with Gasteiger partial charge in [-0.2, -0.15) is 5.10 Å². The summed E-state index contributed by atoms with van der Waals surface area (Å²) in [6.45, 7) is 2.22. The first-order valence-corrected chi connectivity index (χ1v) is 7.46. The molecular formula is C14H20N4O4. The fourth-order valence-electron chi connectivity index (χ4n) is 2.22. The number of morpholine rings is 1. The zero-order valence-corrected chi connectivity index (χ0v) is 12.6. The molecular weight excluding hydrogens is 288 g/mol. The predicted octanol–water partition coefficient (Wildman–Crippen LogP) is -0.450. The number of carbonyl (C=O) groups is 2. The van der Waals surface area contributed by atoms with Crippen molar-refractivity contribution in [3.8, 4) is 5.88 Å². The molecule has 0 aromatic carbocycles. The molecule has 1 aliphatic heterocycles. The van der Waals surface area contributed by atoms with Crippen molar-refractivity contribution < 1.29 is 19.1 Å². The van der Waals surface area contributed by atoms with Crippen LogP contribution in [0.1, 0.15) is 23.3 Å². The van der Waals surface area contributed by atoms with Crippen molar-refractivity contribution in [2.75, 3.05) is 32.9 Å². The third-order valence-corrected chi connectivity index (χ3v) is 3.69. The lowest BCUT2D eigenvalue weighted by atomic mass is 10.4. The Balaban J connectivity index is 1.54. The van der Waals surface area contributed by atoms with E-state index in [1.807, 2.05) is 0 Å². The quantitative estimate of drug-likeness (QED) is 0.796. The molecule has 2 aliphatic rings. The van der Waals surface area contributed by atoms with E-state index < -0.39 is 0 Å². The van der Waals surface area contributed by atoms with E-state index >= 15 is 0 Å². The van der Waals surface area contributed by atoms with Crippen LogP contribution in [0.3, 0.4) is 0 Å². The number of rotatable bonds is 5. The highest BCUT2D eigenvalue weighted by molar-refractivity contribution is 5.93. The first-order valence-electron chi connectivity index (χ1n) is 7.46. The van der Waals surface area contributed by atoms with E-state index in [4.69, 9.17) is 9.47 Å². The van der Waals surface area contributed by atoms with Crippen LogP contribution in [-0.2, 0) is 16.6 Å². The summed E-state index contributed by atoms with van der Waals surface area (Å²) in [5.41, 5.74) is 0.309. The number of nitrogens with zero attached hydrogens (tertiary/aromatic N) is 3. The molecule has 2 amide bonds. The van der Waals surface area contributed by atoms with Crippen molar-refractivity contribution in [3.05, 3.63) is 11.8 Å². The van der Waals surface area contributed by atoms with Gasteiger partial charge in [-0.05, 0) is 12.8 Å². The van der Waals surface area contributed by atoms with Crippen molar-refractivity contribution in [1.82, 2.24) is 20.0 Å². The maximum atomic E-state index is 12.0. The van der Waals surface area contributed by atoms with Crippen molar-refractivity contribution in [1.29, 1.82) is 0 Å². The fourth-order valence-corrected chi connectivity index (χ4v) is 2.22. The van der Waals surface area contributed by atoms with Crippen LogP contribution >= 0.6 is 0 Å². The lowest BCUT2D eigenvalue weighted by Gasteiger charge is -2.26. The van der Waals surface area contributed by atoms with Crippen LogP contribution in [-0.4, -0.2) is 65.4 Å². The van der Waals surface area contributed by atoms with E-state index in [9.17, 15) is 9.59 Å². The zero-order valence-electron chi connectivity index (χ0n) is 12.6. The Morgan fingerprint density at radius 1 is 1.41 bits per heavy atom. The second-order valence-corrected chi connectivity index (χ2v) is 5.52. The van der Waals surface area contributed by atoms with Gasteiger partial charge < -0.3 is 19.7 Å². The lowest BCUT2D eigenvalue weighted by molar-refractivity contribution is -0.137. The van der Waals surface area contributed by atoms with Crippen LogP contribution in [0, 0.1) is 0 Å². The molecule has 8 heteroatoms. The summed E-state index contributed by atoms with van der Waals surface area (Å²) in [4.78, 5) is 25.6. The van der Waals surface area contributed by atoms with Crippen LogP contribution in [0.25, 0.3) is 0 Å². The lowest BCUT2D eigenvalue weighted by Crippen LogP contribution is -2.43. The van der Waals surface area contributed by atoms with Gasteiger partial charge in [0.1, 0.15) is 0 Å². The van der Waals surface area contributed by atoms with Gasteiger partial charge in [-0.15, -0.1) is 0 Å². The molecule has 0 unspecified atom stereocenters. The number of ether oxygens (including phenoxy) is 2. The van der Waals surface area contributed by atoms with E-state index in [0.717, 1.165) is 12.8 Å². The van der Waals surface area contributed by atoms with E-state index in [2.05, 4.69) is 10.4 Å².